The van der Waals surface area contributed by atoms with Crippen molar-refractivity contribution in [2.24, 2.45) is 11.3 Å². The molecular formula is C21H23N3O2. The van der Waals surface area contributed by atoms with Gasteiger partial charge in [-0.1, -0.05) is 36.4 Å². The number of carbonyl (C=O) groups is 2. The molecule has 2 heterocycles. The number of rotatable bonds is 5. The maximum atomic E-state index is 12.5. The van der Waals surface area contributed by atoms with Gasteiger partial charge in [0.15, 0.2) is 0 Å². The minimum Gasteiger partial charge on any atom is -0.352 e. The smallest absolute Gasteiger partial charge is 0.227 e. The third kappa shape index (κ3) is 3.47. The summed E-state index contributed by atoms with van der Waals surface area (Å²) in [4.78, 5) is 31.0. The standard InChI is InChI=1S/C21H23N3O2/c25-19(11-16-5-2-1-3-6-16)24-10-8-21(15-24)12-18(21)20(26)23-14-17-7-4-9-22-13-17/h1-7,9,13,18H,8,10-12,14-15H2,(H,23,26)/t18-,21-/m1/s1. The van der Waals surface area contributed by atoms with Gasteiger partial charge in [0.1, 0.15) is 0 Å². The van der Waals surface area contributed by atoms with Gasteiger partial charge in [0.25, 0.3) is 0 Å². The third-order valence-electron chi connectivity index (χ3n) is 5.63. The zero-order chi connectivity index (χ0) is 18.0. The van der Waals surface area contributed by atoms with Crippen LogP contribution in [-0.2, 0) is 22.6 Å². The number of likely N-dealkylation sites (tertiary alicyclic amines) is 1. The molecule has 2 amide bonds. The van der Waals surface area contributed by atoms with Crippen molar-refractivity contribution < 1.29 is 9.59 Å². The quantitative estimate of drug-likeness (QED) is 0.900. The van der Waals surface area contributed by atoms with Crippen LogP contribution in [0.15, 0.2) is 54.9 Å². The number of benzene rings is 1. The predicted octanol–water partition coefficient (Wildman–Crippen LogP) is 2.18. The molecule has 1 saturated carbocycles. The molecule has 1 N–H and O–H groups in total. The first-order valence-corrected chi connectivity index (χ1v) is 9.15. The first-order chi connectivity index (χ1) is 12.7. The molecule has 2 atom stereocenters. The first kappa shape index (κ1) is 16.8. The van der Waals surface area contributed by atoms with E-state index < -0.39 is 0 Å². The summed E-state index contributed by atoms with van der Waals surface area (Å²) >= 11 is 0. The van der Waals surface area contributed by atoms with Crippen molar-refractivity contribution in [2.75, 3.05) is 13.1 Å². The summed E-state index contributed by atoms with van der Waals surface area (Å²) in [5.41, 5.74) is 2.05. The molecule has 5 heteroatoms. The summed E-state index contributed by atoms with van der Waals surface area (Å²) in [6.45, 7) is 1.98. The second-order valence-corrected chi connectivity index (χ2v) is 7.43. The van der Waals surface area contributed by atoms with Crippen LogP contribution in [0.5, 0.6) is 0 Å². The number of aromatic nitrogens is 1. The third-order valence-corrected chi connectivity index (χ3v) is 5.63. The highest BCUT2D eigenvalue weighted by Crippen LogP contribution is 2.58. The maximum absolute atomic E-state index is 12.5. The molecule has 0 bridgehead atoms. The fraction of sp³-hybridized carbons (Fsp3) is 0.381. The van der Waals surface area contributed by atoms with Gasteiger partial charge in [-0.05, 0) is 30.0 Å². The number of nitrogens with one attached hydrogen (secondary N) is 1. The molecule has 2 fully saturated rings. The number of nitrogens with zero attached hydrogens (tertiary/aromatic N) is 2. The average Bonchev–Trinajstić information content (AvgIpc) is 3.21. The van der Waals surface area contributed by atoms with Gasteiger partial charge in [0.05, 0.1) is 6.42 Å². The molecule has 1 aliphatic carbocycles. The Balaban J connectivity index is 1.28. The molecule has 0 unspecified atom stereocenters. The van der Waals surface area contributed by atoms with Crippen LogP contribution < -0.4 is 5.32 Å². The number of hydrogen-bond acceptors (Lipinski definition) is 3. The topological polar surface area (TPSA) is 62.3 Å². The predicted molar refractivity (Wildman–Crippen MR) is 98.0 cm³/mol. The van der Waals surface area contributed by atoms with Crippen LogP contribution in [0, 0.1) is 11.3 Å². The number of pyridine rings is 1. The second-order valence-electron chi connectivity index (χ2n) is 7.43. The van der Waals surface area contributed by atoms with Crippen molar-refractivity contribution in [1.29, 1.82) is 0 Å². The average molecular weight is 349 g/mol. The van der Waals surface area contributed by atoms with Crippen LogP contribution in [0.1, 0.15) is 24.0 Å². The normalized spacial score (nSPS) is 23.8. The van der Waals surface area contributed by atoms with Crippen LogP contribution in [0.2, 0.25) is 0 Å². The number of carbonyl (C=O) groups excluding carboxylic acids is 2. The summed E-state index contributed by atoms with van der Waals surface area (Å²) in [7, 11) is 0. The Kier molecular flexibility index (Phi) is 4.45. The molecule has 0 radical (unpaired) electrons. The van der Waals surface area contributed by atoms with Gasteiger partial charge >= 0.3 is 0 Å². The van der Waals surface area contributed by atoms with E-state index in [1.807, 2.05) is 47.4 Å². The molecule has 1 spiro atoms. The second kappa shape index (κ2) is 6.90. The van der Waals surface area contributed by atoms with E-state index in [0.29, 0.717) is 19.5 Å². The molecule has 5 nitrogen and oxygen atoms in total. The Bertz CT molecular complexity index is 793. The summed E-state index contributed by atoms with van der Waals surface area (Å²) in [6, 6.07) is 13.7. The Hall–Kier alpha value is -2.69. The molecule has 134 valence electrons. The van der Waals surface area contributed by atoms with Crippen LogP contribution in [-0.4, -0.2) is 34.8 Å². The number of hydrogen-bond donors (Lipinski definition) is 1. The monoisotopic (exact) mass is 349 g/mol. The number of amides is 2. The van der Waals surface area contributed by atoms with Gasteiger partial charge in [-0.25, -0.2) is 0 Å². The van der Waals surface area contributed by atoms with E-state index >= 15 is 0 Å². The lowest BCUT2D eigenvalue weighted by molar-refractivity contribution is -0.130. The minimum absolute atomic E-state index is 0.00533. The van der Waals surface area contributed by atoms with E-state index in [1.165, 1.54) is 0 Å². The van der Waals surface area contributed by atoms with E-state index in [4.69, 9.17) is 0 Å². The van der Waals surface area contributed by atoms with Crippen molar-refractivity contribution in [3.63, 3.8) is 0 Å². The highest BCUT2D eigenvalue weighted by molar-refractivity contribution is 5.84. The Morgan fingerprint density at radius 2 is 1.96 bits per heavy atom. The molecule has 1 saturated heterocycles. The zero-order valence-electron chi connectivity index (χ0n) is 14.7. The van der Waals surface area contributed by atoms with Crippen molar-refractivity contribution in [1.82, 2.24) is 15.2 Å². The van der Waals surface area contributed by atoms with E-state index in [9.17, 15) is 9.59 Å². The van der Waals surface area contributed by atoms with Crippen molar-refractivity contribution in [2.45, 2.75) is 25.8 Å². The van der Waals surface area contributed by atoms with Gasteiger partial charge in [-0.2, -0.15) is 0 Å². The minimum atomic E-state index is 0.00533. The fourth-order valence-corrected chi connectivity index (χ4v) is 3.98. The molecule has 4 rings (SSSR count). The Morgan fingerprint density at radius 1 is 1.15 bits per heavy atom. The van der Waals surface area contributed by atoms with Gasteiger partial charge < -0.3 is 10.2 Å². The van der Waals surface area contributed by atoms with Crippen molar-refractivity contribution >= 4 is 11.8 Å². The van der Waals surface area contributed by atoms with E-state index in [-0.39, 0.29) is 23.1 Å². The van der Waals surface area contributed by atoms with Crippen LogP contribution in [0.25, 0.3) is 0 Å². The molecule has 1 aromatic carbocycles. The lowest BCUT2D eigenvalue weighted by Crippen LogP contribution is -2.32. The van der Waals surface area contributed by atoms with E-state index in [0.717, 1.165) is 30.5 Å². The maximum Gasteiger partial charge on any atom is 0.227 e. The van der Waals surface area contributed by atoms with Gasteiger partial charge in [-0.3, -0.25) is 14.6 Å². The lowest BCUT2D eigenvalue weighted by Gasteiger charge is -2.17. The molecule has 2 aliphatic rings. The van der Waals surface area contributed by atoms with Crippen LogP contribution >= 0.6 is 0 Å². The molecular weight excluding hydrogens is 326 g/mol. The Labute approximate surface area is 153 Å². The van der Waals surface area contributed by atoms with Crippen molar-refractivity contribution in [3.8, 4) is 0 Å². The summed E-state index contributed by atoms with van der Waals surface area (Å²) in [5, 5.41) is 3.01. The fourth-order valence-electron chi connectivity index (χ4n) is 3.98. The molecule has 26 heavy (non-hydrogen) atoms. The first-order valence-electron chi connectivity index (χ1n) is 9.15. The van der Waals surface area contributed by atoms with E-state index in [1.54, 1.807) is 12.4 Å². The highest BCUT2D eigenvalue weighted by Gasteiger charge is 2.61. The van der Waals surface area contributed by atoms with Gasteiger partial charge in [-0.15, -0.1) is 0 Å². The summed E-state index contributed by atoms with van der Waals surface area (Å²) in [5.74, 6) is 0.300. The van der Waals surface area contributed by atoms with E-state index in [2.05, 4.69) is 10.3 Å². The summed E-state index contributed by atoms with van der Waals surface area (Å²) in [6.07, 6.45) is 5.75. The SMILES string of the molecule is O=C(NCc1cccnc1)[C@H]1C[C@@]12CCN(C(=O)Cc1ccccc1)C2. The van der Waals surface area contributed by atoms with Gasteiger partial charge in [0, 0.05) is 43.4 Å². The molecule has 1 aliphatic heterocycles. The zero-order valence-corrected chi connectivity index (χ0v) is 14.7. The molecule has 1 aromatic heterocycles. The summed E-state index contributed by atoms with van der Waals surface area (Å²) < 4.78 is 0. The van der Waals surface area contributed by atoms with Crippen LogP contribution in [0.3, 0.4) is 0 Å². The van der Waals surface area contributed by atoms with Crippen molar-refractivity contribution in [3.05, 3.63) is 66.0 Å². The van der Waals surface area contributed by atoms with Crippen LogP contribution in [0.4, 0.5) is 0 Å². The Morgan fingerprint density at radius 3 is 2.73 bits per heavy atom. The molecule has 2 aromatic rings. The largest absolute Gasteiger partial charge is 0.352 e. The lowest BCUT2D eigenvalue weighted by atomic mass is 10.0. The van der Waals surface area contributed by atoms with Gasteiger partial charge in [0.2, 0.25) is 11.8 Å². The highest BCUT2D eigenvalue weighted by atomic mass is 16.2.